The van der Waals surface area contributed by atoms with E-state index in [1.54, 1.807) is 29.5 Å². The van der Waals surface area contributed by atoms with Gasteiger partial charge in [0, 0.05) is 24.2 Å². The molecule has 1 aromatic carbocycles. The minimum atomic E-state index is -1.48. The molecule has 43 heavy (non-hydrogen) atoms. The van der Waals surface area contributed by atoms with Gasteiger partial charge in [-0.1, -0.05) is 29.5 Å². The zero-order valence-corrected chi connectivity index (χ0v) is 27.4. The van der Waals surface area contributed by atoms with E-state index in [0.29, 0.717) is 24.7 Å². The maximum atomic E-state index is 15.3. The summed E-state index contributed by atoms with van der Waals surface area (Å²) in [6.07, 6.45) is 1.37. The molecule has 5 rings (SSSR count). The number of amides is 1. The van der Waals surface area contributed by atoms with Crippen molar-refractivity contribution in [3.8, 4) is 5.19 Å². The lowest BCUT2D eigenvalue weighted by Crippen LogP contribution is -2.57. The number of likely N-dealkylation sites (tertiary alicyclic amines) is 1. The Morgan fingerprint density at radius 1 is 1.00 bits per heavy atom. The molecule has 1 saturated heterocycles. The molecule has 1 fully saturated rings. The molecule has 2 aromatic heterocycles. The van der Waals surface area contributed by atoms with Crippen molar-refractivity contribution in [1.82, 2.24) is 19.4 Å². The molecular formula is C32H43FN4O5S. The summed E-state index contributed by atoms with van der Waals surface area (Å²) in [4.78, 5) is 35.3. The first kappa shape index (κ1) is 31.3. The van der Waals surface area contributed by atoms with Crippen molar-refractivity contribution in [3.05, 3.63) is 46.6 Å². The van der Waals surface area contributed by atoms with E-state index >= 15 is 4.39 Å². The van der Waals surface area contributed by atoms with Gasteiger partial charge in [0.25, 0.3) is 5.19 Å². The summed E-state index contributed by atoms with van der Waals surface area (Å²) in [6, 6.07) is 7.37. The summed E-state index contributed by atoms with van der Waals surface area (Å²) >= 11 is 1.38. The lowest BCUT2D eigenvalue weighted by molar-refractivity contribution is -0.0221. The molecule has 0 bridgehead atoms. The SMILES string of the molecule is C[C@@H]1Cc2c(n(C(=O)OC(C)(C)C)c3ccccc23)[C@@H](c2cnc(OC3CN(C(=O)OC(C)(C)C)C3)s2)N1CC(C)(C)F. The molecule has 0 saturated carbocycles. The Labute approximate surface area is 256 Å². The highest BCUT2D eigenvalue weighted by atomic mass is 32.1. The number of nitrogens with zero attached hydrogens (tertiary/aromatic N) is 4. The molecule has 0 aliphatic carbocycles. The number of thiazole rings is 1. The Hall–Kier alpha value is -3.18. The van der Waals surface area contributed by atoms with Crippen LogP contribution < -0.4 is 4.74 Å². The minimum absolute atomic E-state index is 0.00842. The van der Waals surface area contributed by atoms with Gasteiger partial charge in [0.1, 0.15) is 23.0 Å². The second-order valence-corrected chi connectivity index (χ2v) is 15.2. The van der Waals surface area contributed by atoms with E-state index in [9.17, 15) is 9.59 Å². The third-order valence-electron chi connectivity index (χ3n) is 7.35. The van der Waals surface area contributed by atoms with Crippen LogP contribution in [0.4, 0.5) is 14.0 Å². The molecule has 4 heterocycles. The summed E-state index contributed by atoms with van der Waals surface area (Å²) in [6.45, 7) is 17.3. The van der Waals surface area contributed by atoms with Crippen molar-refractivity contribution >= 4 is 34.4 Å². The molecule has 2 aliphatic rings. The third-order valence-corrected chi connectivity index (χ3v) is 8.29. The fourth-order valence-corrected chi connectivity index (χ4v) is 6.67. The van der Waals surface area contributed by atoms with E-state index in [0.717, 1.165) is 27.0 Å². The van der Waals surface area contributed by atoms with Crippen LogP contribution in [0.3, 0.4) is 0 Å². The third kappa shape index (κ3) is 6.82. The summed E-state index contributed by atoms with van der Waals surface area (Å²) in [7, 11) is 0. The van der Waals surface area contributed by atoms with Crippen molar-refractivity contribution in [2.75, 3.05) is 19.6 Å². The van der Waals surface area contributed by atoms with E-state index in [1.807, 2.05) is 65.8 Å². The standard InChI is InChI=1S/C32H43FN4O5S/c1-19-14-22-21-12-10-11-13-23(21)37(29(39)42-31(5,6)7)25(22)26(36(19)18-32(8,9)33)24-15-34-27(43-24)40-20-16-35(17-20)28(38)41-30(2,3)4/h10-13,15,19-20,26H,14,16-18H2,1-9H3/t19-,26-/m1/s1. The average molecular weight is 615 g/mol. The van der Waals surface area contributed by atoms with Crippen LogP contribution in [0.15, 0.2) is 30.5 Å². The largest absolute Gasteiger partial charge is 0.463 e. The van der Waals surface area contributed by atoms with Crippen molar-refractivity contribution in [1.29, 1.82) is 0 Å². The maximum Gasteiger partial charge on any atom is 0.419 e. The van der Waals surface area contributed by atoms with Gasteiger partial charge < -0.3 is 19.1 Å². The topological polar surface area (TPSA) is 86.1 Å². The number of aromatic nitrogens is 2. The smallest absolute Gasteiger partial charge is 0.419 e. The van der Waals surface area contributed by atoms with Crippen molar-refractivity contribution < 1.29 is 28.2 Å². The Bertz CT molecular complexity index is 1510. The number of ether oxygens (including phenoxy) is 3. The van der Waals surface area contributed by atoms with Crippen molar-refractivity contribution in [2.24, 2.45) is 0 Å². The van der Waals surface area contributed by atoms with Crippen LogP contribution >= 0.6 is 11.3 Å². The summed E-state index contributed by atoms with van der Waals surface area (Å²) in [5.41, 5.74) is -0.159. The highest BCUT2D eigenvalue weighted by Crippen LogP contribution is 2.46. The van der Waals surface area contributed by atoms with Gasteiger partial charge in [-0.15, -0.1) is 0 Å². The van der Waals surface area contributed by atoms with E-state index in [2.05, 4.69) is 16.8 Å². The fraction of sp³-hybridized carbons (Fsp3) is 0.594. The Morgan fingerprint density at radius 2 is 1.63 bits per heavy atom. The van der Waals surface area contributed by atoms with E-state index in [4.69, 9.17) is 14.2 Å². The van der Waals surface area contributed by atoms with Gasteiger partial charge in [0.05, 0.1) is 35.2 Å². The lowest BCUT2D eigenvalue weighted by atomic mass is 9.90. The van der Waals surface area contributed by atoms with Crippen LogP contribution in [-0.2, 0) is 15.9 Å². The molecular weight excluding hydrogens is 571 g/mol. The monoisotopic (exact) mass is 614 g/mol. The predicted octanol–water partition coefficient (Wildman–Crippen LogP) is 6.96. The highest BCUT2D eigenvalue weighted by molar-refractivity contribution is 7.13. The van der Waals surface area contributed by atoms with E-state index in [-0.39, 0.29) is 24.8 Å². The number of fused-ring (bicyclic) bond motifs is 3. The first-order valence-electron chi connectivity index (χ1n) is 14.8. The van der Waals surface area contributed by atoms with E-state index in [1.165, 1.54) is 11.3 Å². The molecule has 1 amide bonds. The van der Waals surface area contributed by atoms with Crippen LogP contribution in [0, 0.1) is 0 Å². The number of carbonyl (C=O) groups is 2. The highest BCUT2D eigenvalue weighted by Gasteiger charge is 2.43. The van der Waals surface area contributed by atoms with Gasteiger partial charge in [-0.2, -0.15) is 0 Å². The van der Waals surface area contributed by atoms with E-state index < -0.39 is 29.0 Å². The first-order chi connectivity index (χ1) is 19.9. The Morgan fingerprint density at radius 3 is 2.26 bits per heavy atom. The summed E-state index contributed by atoms with van der Waals surface area (Å²) in [5, 5.41) is 1.44. The number of hydrogen-bond donors (Lipinski definition) is 0. The van der Waals surface area contributed by atoms with Crippen LogP contribution in [0.2, 0.25) is 0 Å². The van der Waals surface area contributed by atoms with Gasteiger partial charge in [0.2, 0.25) is 0 Å². The van der Waals surface area contributed by atoms with Crippen LogP contribution in [-0.4, -0.2) is 80.2 Å². The van der Waals surface area contributed by atoms with Gasteiger partial charge >= 0.3 is 12.2 Å². The first-order valence-corrected chi connectivity index (χ1v) is 15.6. The molecule has 0 unspecified atom stereocenters. The maximum absolute atomic E-state index is 15.3. The average Bonchev–Trinajstić information content (AvgIpc) is 3.41. The molecule has 3 aromatic rings. The molecule has 234 valence electrons. The molecule has 0 spiro atoms. The number of halogens is 1. The number of benzene rings is 1. The van der Waals surface area contributed by atoms with Gasteiger partial charge in [-0.05, 0) is 80.4 Å². The summed E-state index contributed by atoms with van der Waals surface area (Å²) in [5.74, 6) is 0. The van der Waals surface area contributed by atoms with Crippen molar-refractivity contribution in [3.63, 3.8) is 0 Å². The molecule has 0 N–H and O–H groups in total. The zero-order valence-electron chi connectivity index (χ0n) is 26.6. The number of rotatable bonds is 5. The molecule has 9 nitrogen and oxygen atoms in total. The molecule has 2 atom stereocenters. The molecule has 0 radical (unpaired) electrons. The molecule has 2 aliphatic heterocycles. The van der Waals surface area contributed by atoms with Crippen LogP contribution in [0.5, 0.6) is 5.19 Å². The fourth-order valence-electron chi connectivity index (χ4n) is 5.72. The van der Waals surface area contributed by atoms with Crippen molar-refractivity contribution in [2.45, 2.75) is 104 Å². The predicted molar refractivity (Wildman–Crippen MR) is 165 cm³/mol. The number of hydrogen-bond acceptors (Lipinski definition) is 8. The Kier molecular flexibility index (Phi) is 8.05. The second-order valence-electron chi connectivity index (χ2n) is 14.2. The molecule has 11 heteroatoms. The van der Waals surface area contributed by atoms with Crippen LogP contribution in [0.1, 0.15) is 84.5 Å². The number of alkyl halides is 1. The van der Waals surface area contributed by atoms with Gasteiger partial charge in [-0.25, -0.2) is 23.5 Å². The van der Waals surface area contributed by atoms with Gasteiger partial charge in [0.15, 0.2) is 0 Å². The minimum Gasteiger partial charge on any atom is -0.463 e. The zero-order chi connectivity index (χ0) is 31.5. The quantitative estimate of drug-likeness (QED) is 0.307. The normalized spacial score (nSPS) is 20.1. The second kappa shape index (κ2) is 11.1. The number of carbonyl (C=O) groups excluding carboxylic acids is 2. The summed E-state index contributed by atoms with van der Waals surface area (Å²) < 4.78 is 34.5. The lowest BCUT2D eigenvalue weighted by Gasteiger charge is -2.42. The number of para-hydroxylation sites is 1. The van der Waals surface area contributed by atoms with Crippen LogP contribution in [0.25, 0.3) is 10.9 Å². The Balaban J connectivity index is 1.51. The van der Waals surface area contributed by atoms with Gasteiger partial charge in [-0.3, -0.25) is 4.90 Å².